The Morgan fingerprint density at radius 3 is 2.25 bits per heavy atom. The number of ether oxygens (including phenoxy) is 1. The van der Waals surface area contributed by atoms with E-state index in [-0.39, 0.29) is 11.4 Å². The topological polar surface area (TPSA) is 77.2 Å². The van der Waals surface area contributed by atoms with Crippen molar-refractivity contribution in [3.05, 3.63) is 58.8 Å². The van der Waals surface area contributed by atoms with Gasteiger partial charge in [0, 0.05) is 12.1 Å². The number of aromatic hydroxyl groups is 1. The predicted octanol–water partition coefficient (Wildman–Crippen LogP) is 1.97. The summed E-state index contributed by atoms with van der Waals surface area (Å²) in [5, 5.41) is 28.1. The number of hydrogen-bond donors (Lipinski definition) is 3. The maximum absolute atomic E-state index is 10.7. The number of hydrogen-bond acceptors (Lipinski definition) is 4. The standard InChI is InChI=1S/C15H15NO4/c1-20-15-10-12(6-9-14(15)17)3-2-11-4-7-13(8-5-11)16(18)19/h2-10,16-18H,1H3. The molecule has 3 N–H and O–H groups in total. The van der Waals surface area contributed by atoms with E-state index in [1.165, 1.54) is 7.11 Å². The first kappa shape index (κ1) is 14.1. The molecule has 5 heteroatoms. The fourth-order valence-electron chi connectivity index (χ4n) is 1.73. The van der Waals surface area contributed by atoms with Gasteiger partial charge in [-0.3, -0.25) is 0 Å². The molecule has 0 fully saturated rings. The third kappa shape index (κ3) is 3.36. The first-order valence-corrected chi connectivity index (χ1v) is 5.98. The summed E-state index contributed by atoms with van der Waals surface area (Å²) in [4.78, 5) is 0. The van der Waals surface area contributed by atoms with Crippen LogP contribution in [0.3, 0.4) is 0 Å². The molecular formula is C15H15NO4. The van der Waals surface area contributed by atoms with Gasteiger partial charge in [0.1, 0.15) is 0 Å². The minimum atomic E-state index is -0.941. The van der Waals surface area contributed by atoms with Crippen LogP contribution in [-0.2, 0) is 0 Å². The molecule has 0 aliphatic heterocycles. The molecule has 0 bridgehead atoms. The smallest absolute Gasteiger partial charge is 0.163 e. The summed E-state index contributed by atoms with van der Waals surface area (Å²) in [6.07, 6.45) is 3.72. The molecule has 2 aromatic rings. The molecule has 0 amide bonds. The molecule has 0 radical (unpaired) electrons. The largest absolute Gasteiger partial charge is 0.595 e. The molecule has 0 aliphatic rings. The number of phenolic OH excluding ortho intramolecular Hbond substituents is 1. The number of phenols is 1. The minimum absolute atomic E-state index is 0.0930. The molecule has 0 saturated carbocycles. The summed E-state index contributed by atoms with van der Waals surface area (Å²) in [5.41, 5.74) is 2.03. The maximum atomic E-state index is 10.7. The van der Waals surface area contributed by atoms with Crippen LogP contribution in [0, 0.1) is 5.21 Å². The number of methoxy groups -OCH3 is 1. The number of quaternary nitrogens is 1. The van der Waals surface area contributed by atoms with Gasteiger partial charge in [-0.25, -0.2) is 5.21 Å². The monoisotopic (exact) mass is 273 g/mol. The maximum Gasteiger partial charge on any atom is 0.163 e. The van der Waals surface area contributed by atoms with Crippen molar-refractivity contribution in [1.29, 1.82) is 0 Å². The highest BCUT2D eigenvalue weighted by Gasteiger charge is 2.01. The van der Waals surface area contributed by atoms with Gasteiger partial charge < -0.3 is 15.1 Å². The molecule has 2 aromatic carbocycles. The number of benzene rings is 2. The lowest BCUT2D eigenvalue weighted by atomic mass is 10.1. The van der Waals surface area contributed by atoms with Crippen LogP contribution in [0.2, 0.25) is 0 Å². The lowest BCUT2D eigenvalue weighted by Crippen LogP contribution is -2.99. The summed E-state index contributed by atoms with van der Waals surface area (Å²) in [5.74, 6) is 0.504. The van der Waals surface area contributed by atoms with Gasteiger partial charge in [-0.1, -0.05) is 18.2 Å². The van der Waals surface area contributed by atoms with Crippen LogP contribution in [0.25, 0.3) is 12.2 Å². The normalized spacial score (nSPS) is 12.6. The molecule has 1 unspecified atom stereocenters. The molecule has 2 rings (SSSR count). The fourth-order valence-corrected chi connectivity index (χ4v) is 1.73. The van der Waals surface area contributed by atoms with Crippen LogP contribution >= 0.6 is 0 Å². The average Bonchev–Trinajstić information content (AvgIpc) is 2.46. The second-order valence-electron chi connectivity index (χ2n) is 4.19. The van der Waals surface area contributed by atoms with Crippen molar-refractivity contribution in [1.82, 2.24) is 0 Å². The molecule has 0 spiro atoms. The van der Waals surface area contributed by atoms with Gasteiger partial charge in [0.15, 0.2) is 17.2 Å². The first-order valence-electron chi connectivity index (χ1n) is 5.98. The van der Waals surface area contributed by atoms with Crippen LogP contribution in [-0.4, -0.2) is 17.4 Å². The molecule has 0 saturated heterocycles. The molecule has 20 heavy (non-hydrogen) atoms. The second kappa shape index (κ2) is 6.21. The van der Waals surface area contributed by atoms with Crippen molar-refractivity contribution in [2.75, 3.05) is 7.11 Å². The van der Waals surface area contributed by atoms with Gasteiger partial charge in [0.25, 0.3) is 0 Å². The van der Waals surface area contributed by atoms with E-state index in [0.29, 0.717) is 5.75 Å². The van der Waals surface area contributed by atoms with Crippen LogP contribution in [0.15, 0.2) is 42.5 Å². The van der Waals surface area contributed by atoms with Gasteiger partial charge >= 0.3 is 0 Å². The first-order chi connectivity index (χ1) is 9.60. The molecule has 1 atom stereocenters. The minimum Gasteiger partial charge on any atom is -0.595 e. The van der Waals surface area contributed by atoms with Crippen molar-refractivity contribution in [3.8, 4) is 11.5 Å². The van der Waals surface area contributed by atoms with Crippen molar-refractivity contribution >= 4 is 17.8 Å². The Labute approximate surface area is 116 Å². The van der Waals surface area contributed by atoms with Crippen molar-refractivity contribution in [2.45, 2.75) is 0 Å². The Balaban J connectivity index is 2.16. The summed E-state index contributed by atoms with van der Waals surface area (Å²) in [6, 6.07) is 11.6. The van der Waals surface area contributed by atoms with E-state index >= 15 is 0 Å². The predicted molar refractivity (Wildman–Crippen MR) is 75.8 cm³/mol. The summed E-state index contributed by atoms with van der Waals surface area (Å²) in [7, 11) is 1.49. The molecule has 0 heterocycles. The molecule has 0 aromatic heterocycles. The van der Waals surface area contributed by atoms with Gasteiger partial charge in [0.2, 0.25) is 0 Å². The molecule has 104 valence electrons. The highest BCUT2D eigenvalue weighted by atomic mass is 16.8. The van der Waals surface area contributed by atoms with E-state index < -0.39 is 5.23 Å². The number of nitrogens with one attached hydrogen (secondary N) is 1. The Morgan fingerprint density at radius 1 is 1.05 bits per heavy atom. The lowest BCUT2D eigenvalue weighted by molar-refractivity contribution is -0.991. The zero-order chi connectivity index (χ0) is 14.5. The van der Waals surface area contributed by atoms with Gasteiger partial charge in [-0.05, 0) is 35.4 Å². The summed E-state index contributed by atoms with van der Waals surface area (Å²) < 4.78 is 5.03. The highest BCUT2D eigenvalue weighted by molar-refractivity contribution is 5.71. The van der Waals surface area contributed by atoms with Crippen LogP contribution < -0.4 is 9.96 Å². The second-order valence-corrected chi connectivity index (χ2v) is 4.19. The van der Waals surface area contributed by atoms with Gasteiger partial charge in [-0.15, -0.1) is 0 Å². The average molecular weight is 273 g/mol. The summed E-state index contributed by atoms with van der Waals surface area (Å²) in [6.45, 7) is 0. The van der Waals surface area contributed by atoms with E-state index in [1.54, 1.807) is 42.5 Å². The van der Waals surface area contributed by atoms with Crippen LogP contribution in [0.4, 0.5) is 5.69 Å². The molecular weight excluding hydrogens is 258 g/mol. The van der Waals surface area contributed by atoms with Crippen molar-refractivity contribution in [2.24, 2.45) is 0 Å². The van der Waals surface area contributed by atoms with Crippen molar-refractivity contribution in [3.63, 3.8) is 0 Å². The third-order valence-corrected chi connectivity index (χ3v) is 2.83. The Kier molecular flexibility index (Phi) is 4.37. The highest BCUT2D eigenvalue weighted by Crippen LogP contribution is 2.27. The summed E-state index contributed by atoms with van der Waals surface area (Å²) >= 11 is 0. The Bertz CT molecular complexity index is 606. The fraction of sp³-hybridized carbons (Fsp3) is 0.0667. The third-order valence-electron chi connectivity index (χ3n) is 2.83. The van der Waals surface area contributed by atoms with Crippen LogP contribution in [0.1, 0.15) is 11.1 Å². The van der Waals surface area contributed by atoms with E-state index in [1.807, 2.05) is 12.2 Å². The van der Waals surface area contributed by atoms with Crippen LogP contribution in [0.5, 0.6) is 11.5 Å². The van der Waals surface area contributed by atoms with E-state index in [4.69, 9.17) is 9.94 Å². The Hall–Kier alpha value is -2.34. The van der Waals surface area contributed by atoms with E-state index in [0.717, 1.165) is 11.1 Å². The number of rotatable bonds is 4. The SMILES string of the molecule is COc1cc(C=Cc2ccc([NH+]([O-])O)cc2)ccc1O. The van der Waals surface area contributed by atoms with Gasteiger partial charge in [-0.2, -0.15) is 5.23 Å². The quantitative estimate of drug-likeness (QED) is 0.588. The Morgan fingerprint density at radius 2 is 1.65 bits per heavy atom. The van der Waals surface area contributed by atoms with E-state index in [2.05, 4.69) is 0 Å². The molecule has 5 nitrogen and oxygen atoms in total. The zero-order valence-electron chi connectivity index (χ0n) is 10.9. The molecule has 0 aliphatic carbocycles. The van der Waals surface area contributed by atoms with Crippen molar-refractivity contribution < 1.29 is 20.3 Å². The zero-order valence-corrected chi connectivity index (χ0v) is 10.9. The van der Waals surface area contributed by atoms with Gasteiger partial charge in [0.05, 0.1) is 7.11 Å². The van der Waals surface area contributed by atoms with E-state index in [9.17, 15) is 10.3 Å². The lowest BCUT2D eigenvalue weighted by Gasteiger charge is -2.10.